The van der Waals surface area contributed by atoms with Gasteiger partial charge in [0.25, 0.3) is 0 Å². The summed E-state index contributed by atoms with van der Waals surface area (Å²) in [4.78, 5) is 0. The highest BCUT2D eigenvalue weighted by molar-refractivity contribution is 5.63. The lowest BCUT2D eigenvalue weighted by Crippen LogP contribution is -1.80. The Bertz CT molecular complexity index is 449. The van der Waals surface area contributed by atoms with E-state index in [2.05, 4.69) is 62.4 Å². The molecule has 0 aliphatic heterocycles. The zero-order valence-corrected chi connectivity index (χ0v) is 11.4. The lowest BCUT2D eigenvalue weighted by atomic mass is 10.0. The lowest BCUT2D eigenvalue weighted by Gasteiger charge is -2.02. The molecule has 0 saturated heterocycles. The summed E-state index contributed by atoms with van der Waals surface area (Å²) in [5.41, 5.74) is 3.97. The third-order valence-corrected chi connectivity index (χ3v) is 3.34. The Morgan fingerprint density at radius 2 is 1.33 bits per heavy atom. The second-order valence-electron chi connectivity index (χ2n) is 5.10. The third-order valence-electron chi connectivity index (χ3n) is 3.34. The van der Waals surface area contributed by atoms with Crippen LogP contribution in [0.4, 0.5) is 0 Å². The van der Waals surface area contributed by atoms with Gasteiger partial charge >= 0.3 is 0 Å². The normalized spacial score (nSPS) is 13.7. The molecule has 0 atom stereocenters. The smallest absolute Gasteiger partial charge is 0.0184 e. The average Bonchev–Trinajstić information content (AvgIpc) is 3.23. The van der Waals surface area contributed by atoms with Crippen molar-refractivity contribution < 1.29 is 0 Å². The molecule has 0 unspecified atom stereocenters. The summed E-state index contributed by atoms with van der Waals surface area (Å²) in [6, 6.07) is 19.2. The highest BCUT2D eigenvalue weighted by atomic mass is 14.2. The highest BCUT2D eigenvalue weighted by Gasteiger charge is 2.12. The average molecular weight is 238 g/mol. The predicted molar refractivity (Wildman–Crippen MR) is 79.7 cm³/mol. The Kier molecular flexibility index (Phi) is 4.58. The van der Waals surface area contributed by atoms with Crippen molar-refractivity contribution in [2.45, 2.75) is 33.1 Å². The highest BCUT2D eigenvalue weighted by Crippen LogP contribution is 2.26. The fourth-order valence-electron chi connectivity index (χ4n) is 1.73. The zero-order chi connectivity index (χ0) is 12.8. The van der Waals surface area contributed by atoms with Crippen molar-refractivity contribution in [1.29, 1.82) is 0 Å². The largest absolute Gasteiger partial charge is 0.0625 e. The van der Waals surface area contributed by atoms with E-state index in [-0.39, 0.29) is 0 Å². The molecule has 0 heterocycles. The van der Waals surface area contributed by atoms with Crippen LogP contribution in [0.5, 0.6) is 0 Å². The number of benzene rings is 2. The number of hydrogen-bond acceptors (Lipinski definition) is 0. The summed E-state index contributed by atoms with van der Waals surface area (Å²) in [6.07, 6.45) is 4.08. The van der Waals surface area contributed by atoms with Gasteiger partial charge in [-0.25, -0.2) is 0 Å². The molecule has 0 N–H and O–H groups in total. The maximum absolute atomic E-state index is 2.28. The van der Waals surface area contributed by atoms with Gasteiger partial charge in [-0.05, 0) is 29.0 Å². The second-order valence-corrected chi connectivity index (χ2v) is 5.10. The van der Waals surface area contributed by atoms with Crippen molar-refractivity contribution in [1.82, 2.24) is 0 Å². The van der Waals surface area contributed by atoms with Crippen LogP contribution in [0.25, 0.3) is 11.1 Å². The van der Waals surface area contributed by atoms with Crippen molar-refractivity contribution in [2.24, 2.45) is 5.92 Å². The number of hydrogen-bond donors (Lipinski definition) is 0. The van der Waals surface area contributed by atoms with Gasteiger partial charge in [0.2, 0.25) is 0 Å². The minimum Gasteiger partial charge on any atom is -0.0625 e. The summed E-state index contributed by atoms with van der Waals surface area (Å²) >= 11 is 0. The summed E-state index contributed by atoms with van der Waals surface area (Å²) in [5.74, 6) is 1.08. The summed E-state index contributed by atoms with van der Waals surface area (Å²) < 4.78 is 0. The van der Waals surface area contributed by atoms with Crippen LogP contribution in [-0.2, 0) is 6.42 Å². The first-order valence-corrected chi connectivity index (χ1v) is 6.94. The molecule has 1 saturated carbocycles. The van der Waals surface area contributed by atoms with Crippen LogP contribution in [0.1, 0.15) is 32.3 Å². The fourth-order valence-corrected chi connectivity index (χ4v) is 1.73. The molecule has 94 valence electrons. The predicted octanol–water partition coefficient (Wildman–Crippen LogP) is 5.33. The molecule has 0 radical (unpaired) electrons. The molecular formula is C18H22. The first-order valence-electron chi connectivity index (χ1n) is 6.94. The van der Waals surface area contributed by atoms with Crippen LogP contribution < -0.4 is 0 Å². The van der Waals surface area contributed by atoms with E-state index >= 15 is 0 Å². The van der Waals surface area contributed by atoms with Gasteiger partial charge in [-0.3, -0.25) is 0 Å². The second kappa shape index (κ2) is 6.39. The molecule has 2 aromatic carbocycles. The molecule has 2 aromatic rings. The van der Waals surface area contributed by atoms with E-state index in [0.717, 1.165) is 12.3 Å². The third kappa shape index (κ3) is 4.03. The van der Waals surface area contributed by atoms with Gasteiger partial charge in [0, 0.05) is 0 Å². The molecule has 0 aromatic heterocycles. The molecule has 0 heteroatoms. The van der Waals surface area contributed by atoms with E-state index in [0.29, 0.717) is 0 Å². The zero-order valence-electron chi connectivity index (χ0n) is 11.4. The van der Waals surface area contributed by atoms with Gasteiger partial charge in [0.05, 0.1) is 0 Å². The molecule has 1 aliphatic carbocycles. The van der Waals surface area contributed by atoms with Crippen LogP contribution in [0.2, 0.25) is 0 Å². The minimum absolute atomic E-state index is 1.08. The van der Waals surface area contributed by atoms with Crippen molar-refractivity contribution in [2.75, 3.05) is 0 Å². The summed E-state index contributed by atoms with van der Waals surface area (Å²) in [7, 11) is 0. The Morgan fingerprint density at radius 3 is 1.78 bits per heavy atom. The molecule has 18 heavy (non-hydrogen) atoms. The molecule has 0 amide bonds. The quantitative estimate of drug-likeness (QED) is 0.663. The molecule has 0 bridgehead atoms. The Balaban J connectivity index is 0.000000256. The fraction of sp³-hybridized carbons (Fsp3) is 0.333. The van der Waals surface area contributed by atoms with Gasteiger partial charge in [0.15, 0.2) is 0 Å². The Hall–Kier alpha value is -1.56. The van der Waals surface area contributed by atoms with Crippen molar-refractivity contribution in [3.05, 3.63) is 60.2 Å². The van der Waals surface area contributed by atoms with Crippen LogP contribution in [0, 0.1) is 5.92 Å². The van der Waals surface area contributed by atoms with Gasteiger partial charge in [-0.15, -0.1) is 0 Å². The van der Waals surface area contributed by atoms with Crippen molar-refractivity contribution in [3.63, 3.8) is 0 Å². The Morgan fingerprint density at radius 1 is 0.833 bits per heavy atom. The van der Waals surface area contributed by atoms with Crippen LogP contribution >= 0.6 is 0 Å². The van der Waals surface area contributed by atoms with E-state index in [1.165, 1.54) is 29.5 Å². The topological polar surface area (TPSA) is 0 Å². The van der Waals surface area contributed by atoms with E-state index < -0.39 is 0 Å². The van der Waals surface area contributed by atoms with E-state index in [4.69, 9.17) is 0 Å². The standard InChI is InChI=1S/C14H14.C4H8/c1-2-12-8-10-14(11-9-12)13-6-4-3-5-7-13;1-4-2-3-4/h3-11H,2H2,1H3;4H,2-3H2,1H3. The molecule has 0 spiro atoms. The van der Waals surface area contributed by atoms with Crippen molar-refractivity contribution >= 4 is 0 Å². The van der Waals surface area contributed by atoms with Crippen LogP contribution in [0.15, 0.2) is 54.6 Å². The number of rotatable bonds is 2. The molecule has 1 fully saturated rings. The van der Waals surface area contributed by atoms with Gasteiger partial charge in [-0.1, -0.05) is 81.3 Å². The SMILES string of the molecule is CC1CC1.CCc1ccc(-c2ccccc2)cc1. The maximum atomic E-state index is 2.28. The van der Waals surface area contributed by atoms with E-state index in [9.17, 15) is 0 Å². The van der Waals surface area contributed by atoms with E-state index in [1.54, 1.807) is 0 Å². The molecule has 1 aliphatic rings. The van der Waals surface area contributed by atoms with Crippen LogP contribution in [-0.4, -0.2) is 0 Å². The minimum atomic E-state index is 1.08. The van der Waals surface area contributed by atoms with Gasteiger partial charge in [-0.2, -0.15) is 0 Å². The molecule has 0 nitrogen and oxygen atoms in total. The first-order chi connectivity index (χ1) is 8.79. The van der Waals surface area contributed by atoms with Crippen molar-refractivity contribution in [3.8, 4) is 11.1 Å². The molecule has 3 rings (SSSR count). The summed E-state index contributed by atoms with van der Waals surface area (Å²) in [5, 5.41) is 0. The lowest BCUT2D eigenvalue weighted by molar-refractivity contribution is 0.983. The van der Waals surface area contributed by atoms with Gasteiger partial charge in [0.1, 0.15) is 0 Å². The monoisotopic (exact) mass is 238 g/mol. The van der Waals surface area contributed by atoms with Crippen LogP contribution in [0.3, 0.4) is 0 Å². The summed E-state index contributed by atoms with van der Waals surface area (Å²) in [6.45, 7) is 4.46. The van der Waals surface area contributed by atoms with E-state index in [1.807, 2.05) is 6.07 Å². The van der Waals surface area contributed by atoms with Gasteiger partial charge < -0.3 is 0 Å². The number of aryl methyl sites for hydroxylation is 1. The Labute approximate surface area is 111 Å². The maximum Gasteiger partial charge on any atom is -0.0184 e. The first kappa shape index (κ1) is 12.9. The molecular weight excluding hydrogens is 216 g/mol.